The van der Waals surface area contributed by atoms with Crippen molar-refractivity contribution in [2.24, 2.45) is 64.2 Å². The molecule has 16 atom stereocenters. The van der Waals surface area contributed by atoms with Gasteiger partial charge in [0.1, 0.15) is 5.75 Å². The van der Waals surface area contributed by atoms with Crippen LogP contribution in [-0.4, -0.2) is 144 Å². The van der Waals surface area contributed by atoms with Crippen LogP contribution in [0.5, 0.6) is 5.75 Å². The lowest BCUT2D eigenvalue weighted by Gasteiger charge is -2.36. The number of aromatic hydroxyl groups is 1. The summed E-state index contributed by atoms with van der Waals surface area (Å²) in [6.07, 6.45) is 23.2. The van der Waals surface area contributed by atoms with Crippen LogP contribution in [-0.2, 0) is 54.4 Å². The highest BCUT2D eigenvalue weighted by molar-refractivity contribution is 5.88. The fraction of sp³-hybridized carbons (Fsp3) is 0.781. The van der Waals surface area contributed by atoms with E-state index in [9.17, 15) is 53.1 Å². The maximum Gasteiger partial charge on any atom is 0.225 e. The van der Waals surface area contributed by atoms with Crippen molar-refractivity contribution in [3.63, 3.8) is 0 Å². The van der Waals surface area contributed by atoms with E-state index in [1.807, 2.05) is 0 Å². The van der Waals surface area contributed by atoms with Gasteiger partial charge in [-0.2, -0.15) is 0 Å². The molecule has 0 saturated heterocycles. The molecule has 0 heterocycles. The topological polar surface area (TPSA) is 429 Å². The summed E-state index contributed by atoms with van der Waals surface area (Å²) in [4.78, 5) is 139. The Bertz CT molecular complexity index is 2720. The highest BCUT2D eigenvalue weighted by Gasteiger charge is 2.41. The summed E-state index contributed by atoms with van der Waals surface area (Å²) in [6.45, 7) is 1.34. The van der Waals surface area contributed by atoms with Gasteiger partial charge >= 0.3 is 0 Å². The van der Waals surface area contributed by atoms with Crippen molar-refractivity contribution in [1.82, 2.24) is 47.9 Å². The van der Waals surface area contributed by atoms with Crippen LogP contribution in [0, 0.1) is 35.5 Å². The van der Waals surface area contributed by atoms with Crippen molar-refractivity contribution >= 4 is 59.1 Å². The number of benzene rings is 1. The maximum atomic E-state index is 14.5. The Morgan fingerprint density at radius 1 is 0.357 bits per heavy atom. The van der Waals surface area contributed by atoms with Gasteiger partial charge in [0, 0.05) is 86.1 Å². The quantitative estimate of drug-likeness (QED) is 0.0415. The molecule has 0 spiro atoms. The summed E-state index contributed by atoms with van der Waals surface area (Å²) in [6, 6.07) is 2.15. The largest absolute Gasteiger partial charge is 0.508 e. The summed E-state index contributed by atoms with van der Waals surface area (Å²) in [5.74, 6) is -5.47. The molecule has 0 unspecified atom stereocenters. The number of primary amides is 1. The Labute approximate surface area is 581 Å². The van der Waals surface area contributed by atoms with Gasteiger partial charge in [0.25, 0.3) is 0 Å². The minimum atomic E-state index is -0.574. The average Bonchev–Trinajstić information content (AvgIpc) is 0.851. The van der Waals surface area contributed by atoms with Gasteiger partial charge in [-0.3, -0.25) is 47.9 Å². The average molecular weight is 1370 g/mol. The number of phenolic OH excluding ortho intramolecular Hbond substituents is 1. The minimum Gasteiger partial charge on any atom is -0.508 e. The zero-order valence-electron chi connectivity index (χ0n) is 58.5. The van der Waals surface area contributed by atoms with E-state index < -0.39 is 89.7 Å². The number of nitrogens with one attached hydrogen (secondary N) is 9. The fourth-order valence-corrected chi connectivity index (χ4v) is 16.5. The van der Waals surface area contributed by atoms with Gasteiger partial charge in [-0.25, -0.2) is 0 Å². The predicted octanol–water partition coefficient (Wildman–Crippen LogP) is 4.20. The Hall–Kier alpha value is -6.44. The van der Waals surface area contributed by atoms with Crippen molar-refractivity contribution in [3.8, 4) is 5.75 Å². The van der Waals surface area contributed by atoms with E-state index in [2.05, 4.69) is 47.9 Å². The van der Waals surface area contributed by atoms with Gasteiger partial charge in [-0.05, 0) is 159 Å². The van der Waals surface area contributed by atoms with Crippen LogP contribution < -0.4 is 76.5 Å². The number of hydrogen-bond donors (Lipinski definition) is 15. The summed E-state index contributed by atoms with van der Waals surface area (Å²) in [5.41, 5.74) is 30.7. The number of amides is 10. The van der Waals surface area contributed by atoms with E-state index >= 15 is 0 Å². The molecule has 6 aliphatic rings. The number of nitrogens with two attached hydrogens (primary N) is 5. The highest BCUT2D eigenvalue weighted by atomic mass is 16.3. The first-order valence-electron chi connectivity index (χ1n) is 37.9. The van der Waals surface area contributed by atoms with Gasteiger partial charge in [0.2, 0.25) is 59.1 Å². The molecule has 98 heavy (non-hydrogen) atoms. The van der Waals surface area contributed by atoms with E-state index in [4.69, 9.17) is 28.7 Å². The first-order chi connectivity index (χ1) is 47.3. The smallest absolute Gasteiger partial charge is 0.225 e. The van der Waals surface area contributed by atoms with Crippen LogP contribution in [0.25, 0.3) is 0 Å². The number of phenols is 1. The molecule has 20 N–H and O–H groups in total. The van der Waals surface area contributed by atoms with Gasteiger partial charge in [-0.1, -0.05) is 108 Å². The third-order valence-electron chi connectivity index (χ3n) is 21.9. The van der Waals surface area contributed by atoms with E-state index in [0.717, 1.165) is 82.6 Å². The Morgan fingerprint density at radius 3 is 0.929 bits per heavy atom. The number of carbonyl (C=O) groups excluding carboxylic acids is 10. The Balaban J connectivity index is 0.913. The normalized spacial score (nSPS) is 27.0. The third kappa shape index (κ3) is 25.9. The molecule has 7 rings (SSSR count). The lowest BCUT2D eigenvalue weighted by atomic mass is 9.81. The first kappa shape index (κ1) is 78.9. The van der Waals surface area contributed by atoms with Crippen molar-refractivity contribution in [1.29, 1.82) is 0 Å². The van der Waals surface area contributed by atoms with Crippen molar-refractivity contribution in [2.45, 2.75) is 304 Å². The number of unbranched alkanes of at least 4 members (excludes halogenated alkanes) is 3. The van der Waals surface area contributed by atoms with Crippen molar-refractivity contribution in [3.05, 3.63) is 29.8 Å². The van der Waals surface area contributed by atoms with Crippen LogP contribution in [0.1, 0.15) is 243 Å². The van der Waals surface area contributed by atoms with E-state index in [-0.39, 0.29) is 96.7 Å². The third-order valence-corrected chi connectivity index (χ3v) is 21.9. The molecule has 0 bridgehead atoms. The van der Waals surface area contributed by atoms with Gasteiger partial charge in [0.15, 0.2) is 0 Å². The number of hydrogen-bond acceptors (Lipinski definition) is 15. The molecular weight excluding hydrogens is 1250 g/mol. The molecule has 25 heteroatoms. The molecule has 1 aromatic carbocycles. The molecule has 6 saturated carbocycles. The monoisotopic (exact) mass is 1370 g/mol. The van der Waals surface area contributed by atoms with Crippen molar-refractivity contribution in [2.75, 3.05) is 19.6 Å². The zero-order valence-corrected chi connectivity index (χ0v) is 58.5. The lowest BCUT2D eigenvalue weighted by molar-refractivity contribution is -0.133. The standard InChI is InChI=1S/C73H122N14O11/c74-38-16-13-19-48(43-65(90)83-59-29-8-2-23-53(59)70(95)80-49(20-14-17-39-75)44-67(92)85-62-32-11-5-26-56(62)72(97)86-58-28-7-1-22-52(58)68(78)93)79-69(94)54-24-3-9-30-60(54)84-66(91)45-50(21-15-18-40-76)81-71(96)57-27-6-12-33-63(57)87-73(98)55-25-4-10-31-61(55)82-64(89)42-47(77)41-46-34-36-51(88)37-35-46/h34-37,47-50,52-63,88H,1-33,38-45,74-77H2,(H2,78,93)(H,79,94)(H,80,95)(H,81,96)(H,82,89)(H,83,90)(H,84,91)(H,85,92)(H,86,97)(H,87,98)/t47-,48-,49-,50-,52-,53-,54-,55-,56-,57-,58-,59-,60-,61-,62-,63-/m0/s1. The van der Waals surface area contributed by atoms with E-state index in [0.29, 0.717) is 161 Å². The fourth-order valence-electron chi connectivity index (χ4n) is 16.5. The molecule has 6 fully saturated rings. The van der Waals surface area contributed by atoms with Crippen LogP contribution in [0.2, 0.25) is 0 Å². The molecule has 6 aliphatic carbocycles. The van der Waals surface area contributed by atoms with Gasteiger partial charge in [-0.15, -0.1) is 0 Å². The molecule has 1 aromatic rings. The number of rotatable bonds is 37. The first-order valence-corrected chi connectivity index (χ1v) is 37.9. The maximum absolute atomic E-state index is 14.5. The molecule has 10 amide bonds. The summed E-state index contributed by atoms with van der Waals surface area (Å²) >= 11 is 0. The second-order valence-electron chi connectivity index (χ2n) is 29.6. The van der Waals surface area contributed by atoms with Crippen LogP contribution in [0.4, 0.5) is 0 Å². The molecule has 25 nitrogen and oxygen atoms in total. The minimum absolute atomic E-state index is 0.00288. The molecular formula is C73H122N14O11. The molecule has 0 aromatic heterocycles. The van der Waals surface area contributed by atoms with Gasteiger partial charge < -0.3 is 81.6 Å². The van der Waals surface area contributed by atoms with E-state index in [1.54, 1.807) is 24.3 Å². The molecule has 550 valence electrons. The molecule has 0 radical (unpaired) electrons. The predicted molar refractivity (Wildman–Crippen MR) is 375 cm³/mol. The second kappa shape index (κ2) is 42.0. The lowest BCUT2D eigenvalue weighted by Crippen LogP contribution is -2.55. The van der Waals surface area contributed by atoms with E-state index in [1.165, 1.54) is 0 Å². The van der Waals surface area contributed by atoms with Crippen LogP contribution in [0.3, 0.4) is 0 Å². The van der Waals surface area contributed by atoms with Crippen LogP contribution >= 0.6 is 0 Å². The van der Waals surface area contributed by atoms with Gasteiger partial charge in [0.05, 0.1) is 35.5 Å². The molecule has 0 aliphatic heterocycles. The Kier molecular flexibility index (Phi) is 33.8. The highest BCUT2D eigenvalue weighted by Crippen LogP contribution is 2.33. The SMILES string of the molecule is NCCCC[C@@H](CC(=O)N[C@H]1CCCC[C@@H]1C(=O)N[C@@H](CCCCN)CC(=O)N[C@H]1CCCC[C@@H]1C(=O)N[C@H]1CCCC[C@@H]1C(N)=O)NC(=O)[C@H]1CCCC[C@@H]1NC(=O)C[C@H](CCCCN)NC(=O)[C@H]1CCCC[C@@H]1NC(=O)[C@H]1CCCC[C@@H]1NC(=O)C[C@@H](N)Cc1ccc(O)cc1. The Morgan fingerprint density at radius 2 is 0.622 bits per heavy atom. The summed E-state index contributed by atoms with van der Waals surface area (Å²) in [5, 5.41) is 38.2. The second-order valence-corrected chi connectivity index (χ2v) is 29.6. The zero-order chi connectivity index (χ0) is 70.3. The van der Waals surface area contributed by atoms with Crippen molar-refractivity contribution < 1.29 is 53.1 Å². The summed E-state index contributed by atoms with van der Waals surface area (Å²) < 4.78 is 0. The summed E-state index contributed by atoms with van der Waals surface area (Å²) in [7, 11) is 0. The van der Waals surface area contributed by atoms with Crippen LogP contribution in [0.15, 0.2) is 24.3 Å². The number of carbonyl (C=O) groups is 10.